The molecule has 5 nitrogen and oxygen atoms in total. The third-order valence-corrected chi connectivity index (χ3v) is 5.35. The van der Waals surface area contributed by atoms with Gasteiger partial charge in [0, 0.05) is 24.5 Å². The summed E-state index contributed by atoms with van der Waals surface area (Å²) < 4.78 is 1.95. The Bertz CT molecular complexity index is 866. The lowest BCUT2D eigenvalue weighted by Crippen LogP contribution is -2.26. The number of hydrogen-bond donors (Lipinski definition) is 1. The maximum Gasteiger partial charge on any atom is 0.263 e. The molecule has 3 rings (SSSR count). The minimum atomic E-state index is -0.0746. The first-order valence-electron chi connectivity index (χ1n) is 8.79. The molecule has 1 amide bonds. The smallest absolute Gasteiger partial charge is 0.263 e. The van der Waals surface area contributed by atoms with Gasteiger partial charge in [0.05, 0.1) is 23.1 Å². The Morgan fingerprint density at radius 3 is 2.58 bits per heavy atom. The zero-order chi connectivity index (χ0) is 18.7. The van der Waals surface area contributed by atoms with E-state index < -0.39 is 0 Å². The molecular weight excluding hydrogens is 344 g/mol. The average Bonchev–Trinajstić information content (AvgIpc) is 3.24. The van der Waals surface area contributed by atoms with E-state index >= 15 is 0 Å². The molecule has 0 saturated heterocycles. The highest BCUT2D eigenvalue weighted by Gasteiger charge is 2.18. The summed E-state index contributed by atoms with van der Waals surface area (Å²) in [5.41, 5.74) is 2.92. The number of aromatic nitrogens is 3. The highest BCUT2D eigenvalue weighted by atomic mass is 32.1. The summed E-state index contributed by atoms with van der Waals surface area (Å²) >= 11 is 1.50. The van der Waals surface area contributed by atoms with E-state index in [4.69, 9.17) is 0 Å². The molecule has 0 aliphatic heterocycles. The molecule has 1 unspecified atom stereocenters. The number of amides is 1. The molecule has 0 aliphatic carbocycles. The van der Waals surface area contributed by atoms with Gasteiger partial charge in [0.1, 0.15) is 4.88 Å². The first kappa shape index (κ1) is 18.3. The molecule has 0 saturated carbocycles. The fourth-order valence-corrected chi connectivity index (χ4v) is 3.97. The third-order valence-electron chi connectivity index (χ3n) is 4.17. The number of aryl methyl sites for hydroxylation is 1. The zero-order valence-electron chi connectivity index (χ0n) is 15.6. The van der Waals surface area contributed by atoms with Gasteiger partial charge >= 0.3 is 0 Å². The van der Waals surface area contributed by atoms with E-state index in [2.05, 4.69) is 29.1 Å². The van der Waals surface area contributed by atoms with Crippen LogP contribution in [0.5, 0.6) is 0 Å². The minimum absolute atomic E-state index is 0.0545. The predicted octanol–water partition coefficient (Wildman–Crippen LogP) is 4.33. The van der Waals surface area contributed by atoms with Crippen LogP contribution in [0.4, 0.5) is 0 Å². The molecule has 0 spiro atoms. The van der Waals surface area contributed by atoms with Crippen LogP contribution in [0.25, 0.3) is 5.69 Å². The number of carbonyl (C=O) groups is 1. The van der Waals surface area contributed by atoms with Gasteiger partial charge in [-0.3, -0.25) is 4.79 Å². The second kappa shape index (κ2) is 7.83. The summed E-state index contributed by atoms with van der Waals surface area (Å²) in [4.78, 5) is 22.0. The molecule has 0 fully saturated rings. The van der Waals surface area contributed by atoms with E-state index in [1.807, 2.05) is 48.9 Å². The van der Waals surface area contributed by atoms with Gasteiger partial charge in [-0.15, -0.1) is 11.3 Å². The summed E-state index contributed by atoms with van der Waals surface area (Å²) in [5.74, 6) is 0.477. The molecule has 1 atom stereocenters. The van der Waals surface area contributed by atoms with Gasteiger partial charge < -0.3 is 9.88 Å². The van der Waals surface area contributed by atoms with Crippen molar-refractivity contribution in [3.63, 3.8) is 0 Å². The van der Waals surface area contributed by atoms with Crippen molar-refractivity contribution in [2.75, 3.05) is 0 Å². The van der Waals surface area contributed by atoms with Crippen LogP contribution in [0, 0.1) is 12.8 Å². The standard InChI is InChI=1S/C20H24N4OS/c1-13(2)11-18-22-15(4)19(26-18)20(25)23-14(3)16-5-7-17(8-6-16)24-10-9-21-12-24/h5-10,12-14H,11H2,1-4H3,(H,23,25). The third kappa shape index (κ3) is 4.19. The highest BCUT2D eigenvalue weighted by molar-refractivity contribution is 7.13. The fourth-order valence-electron chi connectivity index (χ4n) is 2.79. The molecular formula is C20H24N4OS. The molecule has 0 bridgehead atoms. The van der Waals surface area contributed by atoms with Crippen molar-refractivity contribution in [3.8, 4) is 5.69 Å². The van der Waals surface area contributed by atoms with Crippen LogP contribution in [0.3, 0.4) is 0 Å². The number of thiazole rings is 1. The normalized spacial score (nSPS) is 12.3. The Morgan fingerprint density at radius 1 is 1.23 bits per heavy atom. The van der Waals surface area contributed by atoms with Crippen LogP contribution in [0.2, 0.25) is 0 Å². The van der Waals surface area contributed by atoms with Crippen molar-refractivity contribution >= 4 is 17.2 Å². The Morgan fingerprint density at radius 2 is 1.96 bits per heavy atom. The maximum absolute atomic E-state index is 12.6. The summed E-state index contributed by atoms with van der Waals surface area (Å²) in [6.07, 6.45) is 6.33. The molecule has 6 heteroatoms. The number of hydrogen-bond acceptors (Lipinski definition) is 4. The van der Waals surface area contributed by atoms with E-state index in [1.54, 1.807) is 12.5 Å². The van der Waals surface area contributed by atoms with Crippen LogP contribution in [0.1, 0.15) is 52.7 Å². The van der Waals surface area contributed by atoms with Crippen molar-refractivity contribution < 1.29 is 4.79 Å². The molecule has 26 heavy (non-hydrogen) atoms. The Hall–Kier alpha value is -2.47. The second-order valence-electron chi connectivity index (χ2n) is 6.88. The largest absolute Gasteiger partial charge is 0.345 e. The number of nitrogens with one attached hydrogen (secondary N) is 1. The SMILES string of the molecule is Cc1nc(CC(C)C)sc1C(=O)NC(C)c1ccc(-n2ccnc2)cc1. The van der Waals surface area contributed by atoms with E-state index in [0.717, 1.165) is 28.4 Å². The lowest BCUT2D eigenvalue weighted by atomic mass is 10.1. The van der Waals surface area contributed by atoms with Crippen molar-refractivity contribution in [2.45, 2.75) is 40.2 Å². The van der Waals surface area contributed by atoms with E-state index in [9.17, 15) is 4.79 Å². The highest BCUT2D eigenvalue weighted by Crippen LogP contribution is 2.22. The van der Waals surface area contributed by atoms with Crippen molar-refractivity contribution in [3.05, 3.63) is 64.1 Å². The molecule has 1 N–H and O–H groups in total. The van der Waals surface area contributed by atoms with Gasteiger partial charge in [-0.1, -0.05) is 26.0 Å². The van der Waals surface area contributed by atoms with E-state index in [-0.39, 0.29) is 11.9 Å². The van der Waals surface area contributed by atoms with Crippen molar-refractivity contribution in [1.29, 1.82) is 0 Å². The van der Waals surface area contributed by atoms with Gasteiger partial charge in [0.25, 0.3) is 5.91 Å². The molecule has 2 aromatic heterocycles. The molecule has 1 aromatic carbocycles. The quantitative estimate of drug-likeness (QED) is 0.704. The topological polar surface area (TPSA) is 59.8 Å². The van der Waals surface area contributed by atoms with Gasteiger partial charge in [-0.05, 0) is 37.5 Å². The number of benzene rings is 1. The van der Waals surface area contributed by atoms with Crippen LogP contribution < -0.4 is 5.32 Å². The molecule has 0 aliphatic rings. The molecule has 2 heterocycles. The van der Waals surface area contributed by atoms with Crippen LogP contribution >= 0.6 is 11.3 Å². The summed E-state index contributed by atoms with van der Waals surface area (Å²) in [5, 5.41) is 4.11. The predicted molar refractivity (Wildman–Crippen MR) is 105 cm³/mol. The van der Waals surface area contributed by atoms with Crippen LogP contribution in [-0.4, -0.2) is 20.4 Å². The number of rotatable bonds is 6. The van der Waals surface area contributed by atoms with Gasteiger partial charge in [0.15, 0.2) is 0 Å². The summed E-state index contributed by atoms with van der Waals surface area (Å²) in [7, 11) is 0. The van der Waals surface area contributed by atoms with Gasteiger partial charge in [-0.25, -0.2) is 9.97 Å². The Kier molecular flexibility index (Phi) is 5.52. The first-order chi connectivity index (χ1) is 12.4. The lowest BCUT2D eigenvalue weighted by Gasteiger charge is -2.14. The average molecular weight is 369 g/mol. The monoisotopic (exact) mass is 368 g/mol. The first-order valence-corrected chi connectivity index (χ1v) is 9.61. The fraction of sp³-hybridized carbons (Fsp3) is 0.350. The number of carbonyl (C=O) groups excluding carboxylic acids is 1. The molecule has 136 valence electrons. The van der Waals surface area contributed by atoms with Gasteiger partial charge in [-0.2, -0.15) is 0 Å². The molecule has 3 aromatic rings. The molecule has 0 radical (unpaired) electrons. The van der Waals surface area contributed by atoms with Crippen LogP contribution in [-0.2, 0) is 6.42 Å². The maximum atomic E-state index is 12.6. The Balaban J connectivity index is 1.68. The minimum Gasteiger partial charge on any atom is -0.345 e. The van der Waals surface area contributed by atoms with E-state index in [1.165, 1.54) is 11.3 Å². The van der Waals surface area contributed by atoms with Crippen molar-refractivity contribution in [1.82, 2.24) is 19.9 Å². The summed E-state index contributed by atoms with van der Waals surface area (Å²) in [6, 6.07) is 8.04. The number of nitrogens with zero attached hydrogens (tertiary/aromatic N) is 3. The van der Waals surface area contributed by atoms with Crippen LogP contribution in [0.15, 0.2) is 43.0 Å². The van der Waals surface area contributed by atoms with E-state index in [0.29, 0.717) is 10.8 Å². The van der Waals surface area contributed by atoms with Crippen molar-refractivity contribution in [2.24, 2.45) is 5.92 Å². The zero-order valence-corrected chi connectivity index (χ0v) is 16.4. The Labute approximate surface area is 158 Å². The van der Waals surface area contributed by atoms with Gasteiger partial charge in [0.2, 0.25) is 0 Å². The lowest BCUT2D eigenvalue weighted by molar-refractivity contribution is 0.0943. The number of imidazole rings is 1. The summed E-state index contributed by atoms with van der Waals surface area (Å²) in [6.45, 7) is 8.22. The second-order valence-corrected chi connectivity index (χ2v) is 7.96.